The number of hydrogen-bond donors (Lipinski definition) is 0. The van der Waals surface area contributed by atoms with Crippen LogP contribution in [0.15, 0.2) is 17.2 Å². The predicted molar refractivity (Wildman–Crippen MR) is 111 cm³/mol. The summed E-state index contributed by atoms with van der Waals surface area (Å²) in [5.74, 6) is 1.06. The molecule has 8 nitrogen and oxygen atoms in total. The van der Waals surface area contributed by atoms with Crippen LogP contribution >= 0.6 is 11.8 Å². The van der Waals surface area contributed by atoms with Gasteiger partial charge in [0.25, 0.3) is 0 Å². The zero-order valence-electron chi connectivity index (χ0n) is 17.3. The first-order valence-corrected chi connectivity index (χ1v) is 11.9. The van der Waals surface area contributed by atoms with Gasteiger partial charge in [-0.15, -0.1) is 15.8 Å². The molecule has 3 aromatic rings. The Morgan fingerprint density at radius 3 is 2.52 bits per heavy atom. The molecule has 0 atom stereocenters. The summed E-state index contributed by atoms with van der Waals surface area (Å²) < 4.78 is 69.1. The van der Waals surface area contributed by atoms with Crippen LogP contribution in [-0.2, 0) is 23.4 Å². The van der Waals surface area contributed by atoms with Crippen LogP contribution in [-0.4, -0.2) is 56.3 Å². The van der Waals surface area contributed by atoms with Gasteiger partial charge < -0.3 is 4.57 Å². The average Bonchev–Trinajstić information content (AvgIpc) is 3.38. The number of thioether (sulfide) groups is 1. The minimum Gasteiger partial charge on any atom is -0.324 e. The molecule has 0 saturated heterocycles. The zero-order valence-corrected chi connectivity index (χ0v) is 18.9. The minimum absolute atomic E-state index is 0.0789. The standard InChI is InChI=1S/C18H21F3N6O2S2/c1-5-30-16-14(10-6-7-10)24-27(31(28,29)25(2)3)15(16)17-23-11-8-13(18(19,20)21)22-9-12(11)26(17)4/h8-10H,5-7H2,1-4H3. The number of nitrogens with zero attached hydrogens (tertiary/aromatic N) is 6. The van der Waals surface area contributed by atoms with Crippen LogP contribution in [0.5, 0.6) is 0 Å². The molecule has 168 valence electrons. The maximum absolute atomic E-state index is 13.1. The van der Waals surface area contributed by atoms with Gasteiger partial charge in [0, 0.05) is 27.1 Å². The molecule has 31 heavy (non-hydrogen) atoms. The Morgan fingerprint density at radius 1 is 1.29 bits per heavy atom. The predicted octanol–water partition coefficient (Wildman–Crippen LogP) is 3.49. The molecule has 1 aliphatic rings. The number of rotatable bonds is 6. The van der Waals surface area contributed by atoms with Crippen molar-refractivity contribution in [2.75, 3.05) is 19.8 Å². The summed E-state index contributed by atoms with van der Waals surface area (Å²) in [4.78, 5) is 8.59. The van der Waals surface area contributed by atoms with Gasteiger partial charge in [-0.2, -0.15) is 31.0 Å². The molecule has 0 unspecified atom stereocenters. The van der Waals surface area contributed by atoms with E-state index < -0.39 is 22.1 Å². The van der Waals surface area contributed by atoms with Crippen LogP contribution in [0.4, 0.5) is 13.2 Å². The maximum atomic E-state index is 13.1. The molecule has 1 saturated carbocycles. The second-order valence-corrected chi connectivity index (χ2v) is 10.7. The molecule has 0 amide bonds. The number of hydrogen-bond acceptors (Lipinski definition) is 6. The van der Waals surface area contributed by atoms with Crippen molar-refractivity contribution in [2.24, 2.45) is 7.05 Å². The van der Waals surface area contributed by atoms with Gasteiger partial charge in [-0.05, 0) is 24.7 Å². The lowest BCUT2D eigenvalue weighted by Gasteiger charge is -2.14. The lowest BCUT2D eigenvalue weighted by molar-refractivity contribution is -0.141. The number of alkyl halides is 3. The first kappa shape index (κ1) is 22.1. The van der Waals surface area contributed by atoms with Crippen LogP contribution in [0.25, 0.3) is 22.6 Å². The van der Waals surface area contributed by atoms with Crippen molar-refractivity contribution in [3.8, 4) is 11.5 Å². The van der Waals surface area contributed by atoms with Gasteiger partial charge in [-0.1, -0.05) is 6.92 Å². The molecule has 3 heterocycles. The summed E-state index contributed by atoms with van der Waals surface area (Å²) in [5.41, 5.74) is 0.331. The lowest BCUT2D eigenvalue weighted by Crippen LogP contribution is -2.30. The third kappa shape index (κ3) is 3.72. The van der Waals surface area contributed by atoms with Gasteiger partial charge in [0.2, 0.25) is 0 Å². The fourth-order valence-electron chi connectivity index (χ4n) is 3.28. The Labute approximate surface area is 181 Å². The molecule has 0 aromatic carbocycles. The SMILES string of the molecule is CCSc1c(C2CC2)nn(S(=O)(=O)N(C)C)c1-c1nc2cc(C(F)(F)F)ncc2n1C. The number of aromatic nitrogens is 5. The topological polar surface area (TPSA) is 85.9 Å². The van der Waals surface area contributed by atoms with Crippen molar-refractivity contribution >= 4 is 33.0 Å². The van der Waals surface area contributed by atoms with E-state index in [1.165, 1.54) is 25.9 Å². The van der Waals surface area contributed by atoms with Gasteiger partial charge in [0.1, 0.15) is 11.4 Å². The molecule has 1 fully saturated rings. The quantitative estimate of drug-likeness (QED) is 0.509. The summed E-state index contributed by atoms with van der Waals surface area (Å²) in [5, 5.41) is 4.45. The first-order chi connectivity index (χ1) is 14.5. The Hall–Kier alpha value is -2.12. The molecule has 0 N–H and O–H groups in total. The Bertz CT molecular complexity index is 1260. The highest BCUT2D eigenvalue weighted by Gasteiger charge is 2.37. The molecule has 13 heteroatoms. The van der Waals surface area contributed by atoms with Crippen molar-refractivity contribution in [2.45, 2.75) is 36.8 Å². The zero-order chi connectivity index (χ0) is 22.7. The van der Waals surface area contributed by atoms with Gasteiger partial charge in [0.05, 0.1) is 27.8 Å². The summed E-state index contributed by atoms with van der Waals surface area (Å²) in [6.45, 7) is 1.94. The van der Waals surface area contributed by atoms with Crippen molar-refractivity contribution in [1.82, 2.24) is 28.0 Å². The number of aryl methyl sites for hydroxylation is 1. The van der Waals surface area contributed by atoms with E-state index in [4.69, 9.17) is 0 Å². The summed E-state index contributed by atoms with van der Waals surface area (Å²) in [6.07, 6.45) is -1.68. The molecule has 0 aliphatic heterocycles. The molecule has 1 aliphatic carbocycles. The smallest absolute Gasteiger partial charge is 0.324 e. The molecule has 4 rings (SSSR count). The Kier molecular flexibility index (Phi) is 5.33. The number of halogens is 3. The maximum Gasteiger partial charge on any atom is 0.433 e. The first-order valence-electron chi connectivity index (χ1n) is 9.55. The van der Waals surface area contributed by atoms with Crippen LogP contribution in [0.2, 0.25) is 0 Å². The van der Waals surface area contributed by atoms with Gasteiger partial charge in [-0.3, -0.25) is 0 Å². The van der Waals surface area contributed by atoms with Crippen LogP contribution in [0.1, 0.15) is 37.1 Å². The van der Waals surface area contributed by atoms with Crippen LogP contribution < -0.4 is 0 Å². The summed E-state index contributed by atoms with van der Waals surface area (Å²) in [6, 6.07) is 0.869. The Balaban J connectivity index is 2.02. The Morgan fingerprint density at radius 2 is 1.97 bits per heavy atom. The molecule has 0 spiro atoms. The highest BCUT2D eigenvalue weighted by Crippen LogP contribution is 2.47. The van der Waals surface area contributed by atoms with Gasteiger partial charge in [-0.25, -0.2) is 9.97 Å². The van der Waals surface area contributed by atoms with Gasteiger partial charge >= 0.3 is 16.4 Å². The number of pyridine rings is 1. The third-order valence-electron chi connectivity index (χ3n) is 5.04. The molecule has 0 radical (unpaired) electrons. The van der Waals surface area contributed by atoms with E-state index in [9.17, 15) is 21.6 Å². The second kappa shape index (κ2) is 7.48. The van der Waals surface area contributed by atoms with E-state index >= 15 is 0 Å². The average molecular weight is 475 g/mol. The fourth-order valence-corrected chi connectivity index (χ4v) is 5.20. The largest absolute Gasteiger partial charge is 0.433 e. The highest BCUT2D eigenvalue weighted by molar-refractivity contribution is 7.99. The third-order valence-corrected chi connectivity index (χ3v) is 7.64. The van der Waals surface area contributed by atoms with Crippen molar-refractivity contribution in [1.29, 1.82) is 0 Å². The van der Waals surface area contributed by atoms with Crippen LogP contribution in [0, 0.1) is 0 Å². The molecule has 3 aromatic heterocycles. The highest BCUT2D eigenvalue weighted by atomic mass is 32.2. The van der Waals surface area contributed by atoms with E-state index in [0.717, 1.165) is 33.5 Å². The van der Waals surface area contributed by atoms with E-state index in [0.29, 0.717) is 21.9 Å². The van der Waals surface area contributed by atoms with Crippen molar-refractivity contribution < 1.29 is 21.6 Å². The molecular formula is C18H21F3N6O2S2. The van der Waals surface area contributed by atoms with Crippen LogP contribution in [0.3, 0.4) is 0 Å². The molecular weight excluding hydrogens is 453 g/mol. The van der Waals surface area contributed by atoms with E-state index in [1.807, 2.05) is 6.92 Å². The monoisotopic (exact) mass is 474 g/mol. The van der Waals surface area contributed by atoms with E-state index in [-0.39, 0.29) is 23.0 Å². The van der Waals surface area contributed by atoms with Crippen molar-refractivity contribution in [3.05, 3.63) is 23.7 Å². The summed E-state index contributed by atoms with van der Waals surface area (Å²) in [7, 11) is 0.434. The number of imidazole rings is 1. The van der Waals surface area contributed by atoms with Gasteiger partial charge in [0.15, 0.2) is 5.82 Å². The number of fused-ring (bicyclic) bond motifs is 1. The normalized spacial score (nSPS) is 15.4. The fraction of sp³-hybridized carbons (Fsp3) is 0.500. The summed E-state index contributed by atoms with van der Waals surface area (Å²) >= 11 is 1.45. The van der Waals surface area contributed by atoms with Crippen molar-refractivity contribution in [3.63, 3.8) is 0 Å². The minimum atomic E-state index is -4.61. The second-order valence-electron chi connectivity index (χ2n) is 7.45. The van der Waals surface area contributed by atoms with E-state index in [2.05, 4.69) is 15.1 Å². The molecule has 0 bridgehead atoms. The van der Waals surface area contributed by atoms with E-state index in [1.54, 1.807) is 11.6 Å². The lowest BCUT2D eigenvalue weighted by atomic mass is 10.2.